The van der Waals surface area contributed by atoms with Crippen LogP contribution >= 0.6 is 11.6 Å². The summed E-state index contributed by atoms with van der Waals surface area (Å²) in [4.78, 5) is 5.61. The molecule has 6 nitrogen and oxygen atoms in total. The van der Waals surface area contributed by atoms with Crippen LogP contribution < -0.4 is 9.46 Å². The SMILES string of the molecule is CN1OC[C@H](S(=O)(=O)NCCc2ccccc2)[C@H]1c1cccc(Oc2ccc(Cl)cc2)c1. The molecule has 2 atom stereocenters. The number of nitrogens with one attached hydrogen (secondary N) is 1. The van der Waals surface area contributed by atoms with Gasteiger partial charge in [-0.25, -0.2) is 13.1 Å². The number of hydrogen-bond acceptors (Lipinski definition) is 5. The van der Waals surface area contributed by atoms with Crippen molar-refractivity contribution in [1.82, 2.24) is 9.79 Å². The molecule has 1 aliphatic heterocycles. The Hall–Kier alpha value is -2.42. The minimum atomic E-state index is -3.61. The summed E-state index contributed by atoms with van der Waals surface area (Å²) in [6.07, 6.45) is 0.624. The second-order valence-electron chi connectivity index (χ2n) is 7.63. The largest absolute Gasteiger partial charge is 0.457 e. The van der Waals surface area contributed by atoms with Gasteiger partial charge in [-0.15, -0.1) is 0 Å². The van der Waals surface area contributed by atoms with E-state index in [0.717, 1.165) is 11.1 Å². The Morgan fingerprint density at radius 1 is 1.03 bits per heavy atom. The molecule has 0 aromatic heterocycles. The van der Waals surface area contributed by atoms with Gasteiger partial charge in [-0.05, 0) is 53.9 Å². The van der Waals surface area contributed by atoms with Gasteiger partial charge < -0.3 is 4.74 Å². The van der Waals surface area contributed by atoms with Crippen LogP contribution in [-0.4, -0.2) is 38.9 Å². The van der Waals surface area contributed by atoms with Crippen molar-refractivity contribution >= 4 is 21.6 Å². The average molecular weight is 473 g/mol. The smallest absolute Gasteiger partial charge is 0.218 e. The molecule has 4 rings (SSSR count). The van der Waals surface area contributed by atoms with Gasteiger partial charge in [0.25, 0.3) is 0 Å². The van der Waals surface area contributed by atoms with E-state index in [1.54, 1.807) is 36.4 Å². The normalized spacial score (nSPS) is 19.2. The monoisotopic (exact) mass is 472 g/mol. The first-order valence-electron chi connectivity index (χ1n) is 10.3. The highest BCUT2D eigenvalue weighted by Gasteiger charge is 2.43. The van der Waals surface area contributed by atoms with Gasteiger partial charge in [0.1, 0.15) is 16.7 Å². The summed E-state index contributed by atoms with van der Waals surface area (Å²) in [6.45, 7) is 0.420. The van der Waals surface area contributed by atoms with Crippen LogP contribution in [0.25, 0.3) is 0 Å². The molecule has 0 bridgehead atoms. The van der Waals surface area contributed by atoms with Crippen molar-refractivity contribution < 1.29 is 18.0 Å². The molecule has 0 saturated carbocycles. The maximum atomic E-state index is 13.1. The Bertz CT molecular complexity index is 1140. The highest BCUT2D eigenvalue weighted by Crippen LogP contribution is 2.35. The molecule has 0 aliphatic carbocycles. The van der Waals surface area contributed by atoms with Crippen molar-refractivity contribution in [1.29, 1.82) is 0 Å². The van der Waals surface area contributed by atoms with Crippen molar-refractivity contribution in [3.8, 4) is 11.5 Å². The number of nitrogens with zero attached hydrogens (tertiary/aromatic N) is 1. The molecule has 3 aromatic rings. The van der Waals surface area contributed by atoms with E-state index in [1.165, 1.54) is 0 Å². The van der Waals surface area contributed by atoms with E-state index in [4.69, 9.17) is 21.2 Å². The van der Waals surface area contributed by atoms with Gasteiger partial charge in [0.05, 0.1) is 12.6 Å². The van der Waals surface area contributed by atoms with Crippen LogP contribution in [-0.2, 0) is 21.3 Å². The second kappa shape index (κ2) is 10.0. The quantitative estimate of drug-likeness (QED) is 0.519. The van der Waals surface area contributed by atoms with Crippen LogP contribution in [0.1, 0.15) is 17.2 Å². The van der Waals surface area contributed by atoms with Gasteiger partial charge >= 0.3 is 0 Å². The van der Waals surface area contributed by atoms with Gasteiger partial charge in [-0.3, -0.25) is 4.84 Å². The van der Waals surface area contributed by atoms with Gasteiger partial charge in [-0.1, -0.05) is 54.1 Å². The third-order valence-electron chi connectivity index (χ3n) is 5.39. The Labute approximate surface area is 193 Å². The average Bonchev–Trinajstić information content (AvgIpc) is 3.19. The highest BCUT2D eigenvalue weighted by molar-refractivity contribution is 7.90. The van der Waals surface area contributed by atoms with Crippen LogP contribution in [0.5, 0.6) is 11.5 Å². The highest BCUT2D eigenvalue weighted by atomic mass is 35.5. The first-order valence-corrected chi connectivity index (χ1v) is 12.3. The summed E-state index contributed by atoms with van der Waals surface area (Å²) >= 11 is 5.93. The zero-order valence-corrected chi connectivity index (χ0v) is 19.2. The molecule has 0 radical (unpaired) electrons. The minimum Gasteiger partial charge on any atom is -0.457 e. The van der Waals surface area contributed by atoms with Gasteiger partial charge in [0.15, 0.2) is 0 Å². The van der Waals surface area contributed by atoms with Crippen molar-refractivity contribution in [3.05, 3.63) is 95.0 Å². The zero-order valence-electron chi connectivity index (χ0n) is 17.6. The van der Waals surface area contributed by atoms with Crippen LogP contribution in [0, 0.1) is 0 Å². The van der Waals surface area contributed by atoms with Crippen LogP contribution in [0.4, 0.5) is 0 Å². The molecule has 0 amide bonds. The third kappa shape index (κ3) is 5.49. The number of halogens is 1. The molecule has 8 heteroatoms. The van der Waals surface area contributed by atoms with Crippen molar-refractivity contribution in [3.63, 3.8) is 0 Å². The van der Waals surface area contributed by atoms with E-state index < -0.39 is 21.3 Å². The summed E-state index contributed by atoms with van der Waals surface area (Å²) in [7, 11) is -1.86. The molecular weight excluding hydrogens is 448 g/mol. The summed E-state index contributed by atoms with van der Waals surface area (Å²) < 4.78 is 34.9. The Morgan fingerprint density at radius 2 is 1.78 bits per heavy atom. The molecule has 1 fully saturated rings. The lowest BCUT2D eigenvalue weighted by molar-refractivity contribution is -0.110. The van der Waals surface area contributed by atoms with Crippen molar-refractivity contribution in [2.45, 2.75) is 17.7 Å². The summed E-state index contributed by atoms with van der Waals surface area (Å²) in [5.74, 6) is 1.26. The molecular formula is C24H25ClN2O4S. The Morgan fingerprint density at radius 3 is 2.53 bits per heavy atom. The van der Waals surface area contributed by atoms with E-state index in [1.807, 2.05) is 54.6 Å². The number of ether oxygens (including phenoxy) is 1. The maximum Gasteiger partial charge on any atom is 0.218 e. The predicted octanol–water partition coefficient (Wildman–Crippen LogP) is 4.58. The van der Waals surface area contributed by atoms with Gasteiger partial charge in [-0.2, -0.15) is 5.06 Å². The molecule has 1 N–H and O–H groups in total. The van der Waals surface area contributed by atoms with E-state index in [9.17, 15) is 8.42 Å². The lowest BCUT2D eigenvalue weighted by Crippen LogP contribution is -2.40. The number of benzene rings is 3. The second-order valence-corrected chi connectivity index (χ2v) is 10.0. The molecule has 1 heterocycles. The van der Waals surface area contributed by atoms with E-state index in [-0.39, 0.29) is 6.61 Å². The van der Waals surface area contributed by atoms with E-state index in [2.05, 4.69) is 4.72 Å². The molecule has 0 spiro atoms. The lowest BCUT2D eigenvalue weighted by Gasteiger charge is -2.23. The number of hydrogen-bond donors (Lipinski definition) is 1. The summed E-state index contributed by atoms with van der Waals surface area (Å²) in [6, 6.07) is 23.8. The first-order chi connectivity index (χ1) is 15.4. The van der Waals surface area contributed by atoms with E-state index >= 15 is 0 Å². The Kier molecular flexibility index (Phi) is 7.13. The number of hydroxylamine groups is 2. The molecule has 3 aromatic carbocycles. The number of sulfonamides is 1. The molecule has 1 saturated heterocycles. The predicted molar refractivity (Wildman–Crippen MR) is 125 cm³/mol. The van der Waals surface area contributed by atoms with Gasteiger partial charge in [0.2, 0.25) is 10.0 Å². The Balaban J connectivity index is 1.48. The molecule has 1 aliphatic rings. The lowest BCUT2D eigenvalue weighted by atomic mass is 10.0. The molecule has 168 valence electrons. The van der Waals surface area contributed by atoms with Gasteiger partial charge in [0, 0.05) is 18.6 Å². The fourth-order valence-corrected chi connectivity index (χ4v) is 5.41. The first kappa shape index (κ1) is 22.8. The van der Waals surface area contributed by atoms with Crippen LogP contribution in [0.15, 0.2) is 78.9 Å². The summed E-state index contributed by atoms with van der Waals surface area (Å²) in [5.41, 5.74) is 1.88. The van der Waals surface area contributed by atoms with E-state index in [0.29, 0.717) is 29.5 Å². The molecule has 0 unspecified atom stereocenters. The fourth-order valence-electron chi connectivity index (χ4n) is 3.77. The van der Waals surface area contributed by atoms with Crippen LogP contribution in [0.3, 0.4) is 0 Å². The topological polar surface area (TPSA) is 67.9 Å². The third-order valence-corrected chi connectivity index (χ3v) is 7.44. The summed E-state index contributed by atoms with van der Waals surface area (Å²) in [5, 5.41) is 1.49. The van der Waals surface area contributed by atoms with Crippen LogP contribution in [0.2, 0.25) is 5.02 Å². The number of rotatable bonds is 8. The molecule has 32 heavy (non-hydrogen) atoms. The standard InChI is InChI=1S/C24H25ClN2O4S/c1-27-24(19-8-5-9-22(16-19)31-21-12-10-20(25)11-13-21)23(17-30-27)32(28,29)26-15-14-18-6-3-2-4-7-18/h2-13,16,23-24,26H,14-15,17H2,1H3/t23-,24+/m0/s1. The van der Waals surface area contributed by atoms with Crippen molar-refractivity contribution in [2.24, 2.45) is 0 Å². The maximum absolute atomic E-state index is 13.1. The fraction of sp³-hybridized carbons (Fsp3) is 0.250. The van der Waals surface area contributed by atoms with Crippen molar-refractivity contribution in [2.75, 3.05) is 20.2 Å². The zero-order chi connectivity index (χ0) is 22.6. The minimum absolute atomic E-state index is 0.0874.